The number of nitrogens with zero attached hydrogens (tertiary/aromatic N) is 3. The lowest BCUT2D eigenvalue weighted by molar-refractivity contribution is 0.226. The van der Waals surface area contributed by atoms with Crippen molar-refractivity contribution in [2.45, 2.75) is 72.1 Å². The van der Waals surface area contributed by atoms with E-state index in [9.17, 15) is 10.5 Å². The second-order valence-electron chi connectivity index (χ2n) is 12.1. The van der Waals surface area contributed by atoms with E-state index < -0.39 is 0 Å². The average Bonchev–Trinajstić information content (AvgIpc) is 2.77. The van der Waals surface area contributed by atoms with Gasteiger partial charge in [0.25, 0.3) is 0 Å². The SMILES string of the molecule is C=C(C1=CC(=C(C#N)C#N)C=C(C(C)(C)C)O1)c1cc2c3c(c1)C(C)(C)CCN3CCC2(C)C. The van der Waals surface area contributed by atoms with E-state index in [1.54, 1.807) is 12.2 Å². The van der Waals surface area contributed by atoms with Crippen molar-refractivity contribution in [2.24, 2.45) is 5.41 Å². The standard InChI is InChI=1S/C30H35N3O/c1-19(25-15-21(22(17-31)18-32)16-26(34-25)28(2,3)4)20-13-23-27-24(14-20)30(7,8)10-12-33(27)11-9-29(23,5)6/h13-16H,1,9-12H2,2-8H3. The minimum absolute atomic E-state index is 0.0718. The average molecular weight is 454 g/mol. The van der Waals surface area contributed by atoms with Crippen molar-refractivity contribution in [1.29, 1.82) is 10.5 Å². The normalized spacial score (nSPS) is 20.1. The van der Waals surface area contributed by atoms with Gasteiger partial charge in [0.05, 0.1) is 0 Å². The summed E-state index contributed by atoms with van der Waals surface area (Å²) in [7, 11) is 0. The summed E-state index contributed by atoms with van der Waals surface area (Å²) < 4.78 is 6.35. The zero-order valence-electron chi connectivity index (χ0n) is 21.6. The number of benzene rings is 1. The van der Waals surface area contributed by atoms with E-state index in [-0.39, 0.29) is 21.8 Å². The Balaban J connectivity index is 1.88. The third-order valence-electron chi connectivity index (χ3n) is 7.59. The first-order valence-corrected chi connectivity index (χ1v) is 12.1. The van der Waals surface area contributed by atoms with Crippen LogP contribution in [0.25, 0.3) is 5.57 Å². The summed E-state index contributed by atoms with van der Waals surface area (Å²) in [4.78, 5) is 2.55. The lowest BCUT2D eigenvalue weighted by Gasteiger charge is -2.48. The molecular weight excluding hydrogens is 418 g/mol. The van der Waals surface area contributed by atoms with E-state index in [0.29, 0.717) is 11.3 Å². The van der Waals surface area contributed by atoms with Gasteiger partial charge in [-0.3, -0.25) is 0 Å². The number of anilines is 1. The molecule has 0 spiro atoms. The van der Waals surface area contributed by atoms with Crippen LogP contribution in [0, 0.1) is 28.1 Å². The van der Waals surface area contributed by atoms with Gasteiger partial charge in [-0.15, -0.1) is 0 Å². The smallest absolute Gasteiger partial charge is 0.137 e. The van der Waals surface area contributed by atoms with Crippen molar-refractivity contribution >= 4 is 11.3 Å². The molecule has 4 heteroatoms. The van der Waals surface area contributed by atoms with Gasteiger partial charge in [0, 0.05) is 35.3 Å². The third kappa shape index (κ3) is 3.97. The first-order chi connectivity index (χ1) is 15.8. The Morgan fingerprint density at radius 1 is 0.971 bits per heavy atom. The molecule has 176 valence electrons. The highest BCUT2D eigenvalue weighted by atomic mass is 16.5. The van der Waals surface area contributed by atoms with Crippen molar-refractivity contribution in [2.75, 3.05) is 18.0 Å². The van der Waals surface area contributed by atoms with Gasteiger partial charge in [0.1, 0.15) is 29.2 Å². The fraction of sp³-hybridized carbons (Fsp3) is 0.467. The Morgan fingerprint density at radius 3 is 1.97 bits per heavy atom. The second kappa shape index (κ2) is 7.92. The maximum atomic E-state index is 9.50. The summed E-state index contributed by atoms with van der Waals surface area (Å²) in [5.41, 5.74) is 6.46. The van der Waals surface area contributed by atoms with E-state index in [2.05, 4.69) is 72.1 Å². The topological polar surface area (TPSA) is 60.1 Å². The maximum Gasteiger partial charge on any atom is 0.137 e. The summed E-state index contributed by atoms with van der Waals surface area (Å²) in [5.74, 6) is 1.31. The zero-order valence-corrected chi connectivity index (χ0v) is 21.6. The van der Waals surface area contributed by atoms with Gasteiger partial charge in [-0.25, -0.2) is 0 Å². The summed E-state index contributed by atoms with van der Waals surface area (Å²) in [6.07, 6.45) is 5.82. The molecule has 0 unspecified atom stereocenters. The van der Waals surface area contributed by atoms with Crippen LogP contribution in [0.1, 0.15) is 78.0 Å². The van der Waals surface area contributed by atoms with Crippen LogP contribution in [0.3, 0.4) is 0 Å². The van der Waals surface area contributed by atoms with E-state index >= 15 is 0 Å². The highest BCUT2D eigenvalue weighted by molar-refractivity contribution is 5.82. The maximum absolute atomic E-state index is 9.50. The minimum atomic E-state index is -0.284. The predicted molar refractivity (Wildman–Crippen MR) is 138 cm³/mol. The Labute approximate surface area is 204 Å². The predicted octanol–water partition coefficient (Wildman–Crippen LogP) is 7.06. The molecule has 3 heterocycles. The molecule has 0 aliphatic carbocycles. The van der Waals surface area contributed by atoms with Crippen LogP contribution in [-0.2, 0) is 15.6 Å². The molecule has 0 fully saturated rings. The molecule has 3 aliphatic heterocycles. The fourth-order valence-corrected chi connectivity index (χ4v) is 5.08. The van der Waals surface area contributed by atoms with E-state index in [1.165, 1.54) is 16.8 Å². The molecule has 0 atom stereocenters. The van der Waals surface area contributed by atoms with Crippen LogP contribution in [0.5, 0.6) is 0 Å². The molecule has 4 nitrogen and oxygen atoms in total. The highest BCUT2D eigenvalue weighted by Gasteiger charge is 2.40. The minimum Gasteiger partial charge on any atom is -0.461 e. The molecule has 0 radical (unpaired) electrons. The fourth-order valence-electron chi connectivity index (χ4n) is 5.08. The van der Waals surface area contributed by atoms with Crippen LogP contribution in [0.15, 0.2) is 53.5 Å². The van der Waals surface area contributed by atoms with Gasteiger partial charge in [0.15, 0.2) is 0 Å². The highest BCUT2D eigenvalue weighted by Crippen LogP contribution is 2.50. The molecule has 0 saturated heterocycles. The molecular formula is C30H35N3O. The Kier molecular flexibility index (Phi) is 5.57. The molecule has 3 aliphatic rings. The van der Waals surface area contributed by atoms with Crippen molar-refractivity contribution in [3.05, 3.63) is 70.2 Å². The summed E-state index contributed by atoms with van der Waals surface area (Å²) >= 11 is 0. The quantitative estimate of drug-likeness (QED) is 0.450. The Hall–Kier alpha value is -3.24. The second-order valence-corrected chi connectivity index (χ2v) is 12.1. The molecule has 0 N–H and O–H groups in total. The molecule has 1 aromatic carbocycles. The van der Waals surface area contributed by atoms with E-state index in [1.807, 2.05) is 12.1 Å². The third-order valence-corrected chi connectivity index (χ3v) is 7.59. The van der Waals surface area contributed by atoms with Crippen LogP contribution in [0.2, 0.25) is 0 Å². The van der Waals surface area contributed by atoms with Gasteiger partial charge in [-0.05, 0) is 64.6 Å². The van der Waals surface area contributed by atoms with Gasteiger partial charge in [0.2, 0.25) is 0 Å². The number of allylic oxidation sites excluding steroid dienone is 6. The van der Waals surface area contributed by atoms with E-state index in [0.717, 1.165) is 42.8 Å². The van der Waals surface area contributed by atoms with Gasteiger partial charge in [-0.1, -0.05) is 55.0 Å². The molecule has 0 saturated carbocycles. The number of ether oxygens (including phenoxy) is 1. The summed E-state index contributed by atoms with van der Waals surface area (Å²) in [6.45, 7) is 22.1. The first-order valence-electron chi connectivity index (χ1n) is 12.1. The summed E-state index contributed by atoms with van der Waals surface area (Å²) in [5, 5.41) is 19.0. The zero-order chi connectivity index (χ0) is 25.1. The lowest BCUT2D eigenvalue weighted by Crippen LogP contribution is -2.44. The molecule has 0 amide bonds. The lowest BCUT2D eigenvalue weighted by atomic mass is 9.69. The summed E-state index contributed by atoms with van der Waals surface area (Å²) in [6, 6.07) is 8.62. The molecule has 4 rings (SSSR count). The van der Waals surface area contributed by atoms with Crippen LogP contribution in [-0.4, -0.2) is 13.1 Å². The Bertz CT molecular complexity index is 1190. The van der Waals surface area contributed by atoms with Gasteiger partial charge < -0.3 is 9.64 Å². The van der Waals surface area contributed by atoms with Crippen molar-refractivity contribution in [3.63, 3.8) is 0 Å². The van der Waals surface area contributed by atoms with E-state index in [4.69, 9.17) is 4.74 Å². The molecule has 34 heavy (non-hydrogen) atoms. The number of hydrogen-bond donors (Lipinski definition) is 0. The van der Waals surface area contributed by atoms with Crippen LogP contribution < -0.4 is 4.90 Å². The molecule has 0 aromatic heterocycles. The van der Waals surface area contributed by atoms with Crippen LogP contribution in [0.4, 0.5) is 5.69 Å². The van der Waals surface area contributed by atoms with Crippen molar-refractivity contribution in [3.8, 4) is 12.1 Å². The largest absolute Gasteiger partial charge is 0.461 e. The monoisotopic (exact) mass is 453 g/mol. The number of hydrogen-bond acceptors (Lipinski definition) is 4. The Morgan fingerprint density at radius 2 is 1.50 bits per heavy atom. The van der Waals surface area contributed by atoms with Gasteiger partial charge >= 0.3 is 0 Å². The number of nitriles is 2. The molecule has 1 aromatic rings. The first kappa shape index (κ1) is 23.9. The van der Waals surface area contributed by atoms with Gasteiger partial charge in [-0.2, -0.15) is 10.5 Å². The van der Waals surface area contributed by atoms with Crippen molar-refractivity contribution in [1.82, 2.24) is 0 Å². The van der Waals surface area contributed by atoms with Crippen molar-refractivity contribution < 1.29 is 4.74 Å². The van der Waals surface area contributed by atoms with Crippen LogP contribution >= 0.6 is 0 Å². The molecule has 0 bridgehead atoms. The number of rotatable bonds is 2.